The molecule has 0 spiro atoms. The maximum absolute atomic E-state index is 14.4. The summed E-state index contributed by atoms with van der Waals surface area (Å²) in [6, 6.07) is 88.1. The summed E-state index contributed by atoms with van der Waals surface area (Å²) in [6.07, 6.45) is -0.211. The molecule has 0 saturated carbocycles. The number of benzene rings is 10. The third kappa shape index (κ3) is 8.38. The largest absolute Gasteiger partial charge is 1.00 e. The average molecular weight is 1080 g/mol. The minimum Gasteiger partial charge on any atom is -0.327 e. The van der Waals surface area contributed by atoms with Crippen LogP contribution in [0.2, 0.25) is 0 Å². The van der Waals surface area contributed by atoms with E-state index in [2.05, 4.69) is 231 Å². The summed E-state index contributed by atoms with van der Waals surface area (Å²) in [6.45, 7) is 2.14. The zero-order valence-electron chi connectivity index (χ0n) is 44.9. The van der Waals surface area contributed by atoms with Crippen LogP contribution >= 0.6 is 15.9 Å². The molecular formula is C73H60BrF2LiN+. The fourth-order valence-electron chi connectivity index (χ4n) is 14.2. The van der Waals surface area contributed by atoms with Gasteiger partial charge in [0.15, 0.2) is 0 Å². The van der Waals surface area contributed by atoms with E-state index in [1.165, 1.54) is 94.9 Å². The fraction of sp³-hybridized carbons (Fsp3) is 0.164. The van der Waals surface area contributed by atoms with Gasteiger partial charge in [0.1, 0.15) is 10.9 Å². The quantitative estimate of drug-likeness (QED) is 0.0713. The van der Waals surface area contributed by atoms with Gasteiger partial charge in [0.2, 0.25) is 5.92 Å². The minimum absolute atomic E-state index is 0. The Morgan fingerprint density at radius 3 is 0.962 bits per heavy atom. The van der Waals surface area contributed by atoms with Gasteiger partial charge in [-0.25, -0.2) is 8.78 Å². The second-order valence-corrected chi connectivity index (χ2v) is 23.9. The van der Waals surface area contributed by atoms with Crippen molar-refractivity contribution in [3.8, 4) is 0 Å². The van der Waals surface area contributed by atoms with Crippen LogP contribution in [0, 0.1) is 5.92 Å². The molecule has 19 rings (SSSR count). The number of nitrogens with zero attached hydrogens (tertiary/aromatic N) is 1. The molecule has 0 radical (unpaired) electrons. The van der Waals surface area contributed by atoms with Crippen molar-refractivity contribution in [2.24, 2.45) is 0 Å². The van der Waals surface area contributed by atoms with Crippen molar-refractivity contribution < 1.29 is 32.1 Å². The molecule has 378 valence electrons. The Hall–Kier alpha value is -7.03. The van der Waals surface area contributed by atoms with Crippen LogP contribution in [0.3, 0.4) is 0 Å². The molecule has 0 aromatic heterocycles. The van der Waals surface area contributed by atoms with E-state index < -0.39 is 11.3 Å². The van der Waals surface area contributed by atoms with E-state index >= 15 is 0 Å². The van der Waals surface area contributed by atoms with Gasteiger partial charge in [-0.3, -0.25) is 0 Å². The summed E-state index contributed by atoms with van der Waals surface area (Å²) in [5.41, 5.74) is 24.4. The maximum atomic E-state index is 14.4. The van der Waals surface area contributed by atoms with Gasteiger partial charge < -0.3 is 4.48 Å². The van der Waals surface area contributed by atoms with Gasteiger partial charge in [-0.2, -0.15) is 0 Å². The van der Waals surface area contributed by atoms with Crippen molar-refractivity contribution in [2.45, 2.75) is 53.3 Å². The second kappa shape index (κ2) is 20.0. The molecule has 0 saturated heterocycles. The first-order valence-corrected chi connectivity index (χ1v) is 27.8. The molecule has 0 N–H and O–H groups in total. The van der Waals surface area contributed by atoms with Crippen LogP contribution in [0.25, 0.3) is 0 Å². The van der Waals surface area contributed by atoms with Crippen LogP contribution < -0.4 is 18.9 Å². The van der Waals surface area contributed by atoms with Gasteiger partial charge in [0.25, 0.3) is 0 Å². The third-order valence-corrected chi connectivity index (χ3v) is 18.1. The molecular weight excluding hydrogens is 1020 g/mol. The van der Waals surface area contributed by atoms with Gasteiger partial charge in [-0.15, -0.1) is 0 Å². The Kier molecular flexibility index (Phi) is 13.3. The molecule has 9 aliphatic carbocycles. The van der Waals surface area contributed by atoms with Crippen LogP contribution in [-0.2, 0) is 16.3 Å². The summed E-state index contributed by atoms with van der Waals surface area (Å²) in [5.74, 6) is -0.452. The predicted octanol–water partition coefficient (Wildman–Crippen LogP) is 14.5. The molecule has 9 aliphatic rings. The van der Waals surface area contributed by atoms with E-state index in [0.29, 0.717) is 11.8 Å². The number of halogens is 3. The monoisotopic (exact) mass is 1070 g/mol. The van der Waals surface area contributed by atoms with Crippen LogP contribution in [0.15, 0.2) is 249 Å². The van der Waals surface area contributed by atoms with E-state index in [-0.39, 0.29) is 35.5 Å². The second-order valence-electron chi connectivity index (χ2n) is 22.7. The average Bonchev–Trinajstić information content (AvgIpc) is 2.21. The molecule has 0 aliphatic heterocycles. The van der Waals surface area contributed by atoms with E-state index in [9.17, 15) is 8.78 Å². The van der Waals surface area contributed by atoms with Crippen molar-refractivity contribution in [1.29, 1.82) is 0 Å². The van der Waals surface area contributed by atoms with Crippen LogP contribution in [0.4, 0.5) is 8.78 Å². The predicted molar refractivity (Wildman–Crippen MR) is 313 cm³/mol. The Morgan fingerprint density at radius 2 is 0.641 bits per heavy atom. The maximum Gasteiger partial charge on any atom is 1.00 e. The van der Waals surface area contributed by atoms with Crippen molar-refractivity contribution in [2.75, 3.05) is 21.1 Å². The molecule has 0 fully saturated rings. The molecule has 10 aromatic carbocycles. The van der Waals surface area contributed by atoms with Crippen LogP contribution in [-0.4, -0.2) is 31.5 Å². The number of hydrogen-bond donors (Lipinski definition) is 0. The number of quaternary nitrogens is 1. The zero-order chi connectivity index (χ0) is 52.7. The molecule has 1 nitrogen and oxygen atoms in total. The smallest absolute Gasteiger partial charge is 0.327 e. The number of alkyl halides is 3. The molecule has 0 amide bonds. The summed E-state index contributed by atoms with van der Waals surface area (Å²) < 4.78 is 29.7. The Labute approximate surface area is 479 Å². The Morgan fingerprint density at radius 1 is 0.385 bits per heavy atom. The van der Waals surface area contributed by atoms with Crippen LogP contribution in [0.5, 0.6) is 0 Å². The molecule has 0 unspecified atom stereocenters. The standard InChI is InChI=1S/C23H18F2.C20H13Br.C20H13.C10H16N.Li/c1-22(24,25)14-23-18-11-5-2-8-15(18)21(16-9-3-6-12-19(16)23)17-10-4-7-13-20(17)23;21-20-16-10-4-1-7-13(16)19(14-8-2-5-11-17(14)20)15-9-3-6-12-18(15)20;1-2-8-14-13(7-1)19-15-9-3-5-11-17(15)20(14)18-12-6-4-10-16(18)19;1-11(2,3)9-10-7-5-4-6-8-10;/h2-13,21H,14H2,1H3;1-12,19H;1-12,19H;4-8H,9H2,1-3H3;/q;;-1;2*+1. The molecule has 0 atom stereocenters. The molecule has 10 aromatic rings. The van der Waals surface area contributed by atoms with Gasteiger partial charge in [-0.1, -0.05) is 304 Å². The van der Waals surface area contributed by atoms with E-state index in [4.69, 9.17) is 0 Å². The molecule has 78 heavy (non-hydrogen) atoms. The van der Waals surface area contributed by atoms with Crippen molar-refractivity contribution in [3.63, 3.8) is 0 Å². The zero-order valence-corrected chi connectivity index (χ0v) is 46.5. The first-order chi connectivity index (χ1) is 37.4. The summed E-state index contributed by atoms with van der Waals surface area (Å²) in [4.78, 5) is 0. The van der Waals surface area contributed by atoms with Crippen molar-refractivity contribution >= 4 is 15.9 Å². The Balaban J connectivity index is 0.000000107. The molecule has 0 heterocycles. The Bertz CT molecular complexity index is 3460. The summed E-state index contributed by atoms with van der Waals surface area (Å²) in [7, 11) is 6.60. The van der Waals surface area contributed by atoms with Crippen molar-refractivity contribution in [3.05, 3.63) is 360 Å². The third-order valence-electron chi connectivity index (χ3n) is 16.8. The SMILES string of the molecule is BrC12c3ccccc3C(c3ccccc31)c1ccccc12.CC(F)(F)CC12c3ccccc3C(c3ccccc31)c1ccccc12.C[N+](C)(C)Cc1ccccc1.[Li+].c1ccc2c(c1)[C-]1c3ccccc3C2c2ccccc21. The van der Waals surface area contributed by atoms with E-state index in [0.717, 1.165) is 34.6 Å². The molecule has 5 heteroatoms. The number of rotatable bonds is 4. The van der Waals surface area contributed by atoms with Crippen molar-refractivity contribution in [1.82, 2.24) is 0 Å². The normalized spacial score (nSPS) is 19.2. The van der Waals surface area contributed by atoms with Gasteiger partial charge >= 0.3 is 18.9 Å². The van der Waals surface area contributed by atoms with Gasteiger partial charge in [0, 0.05) is 23.8 Å². The topological polar surface area (TPSA) is 0 Å². The first-order valence-electron chi connectivity index (χ1n) is 27.0. The van der Waals surface area contributed by atoms with Gasteiger partial charge in [0.05, 0.1) is 26.6 Å². The summed E-state index contributed by atoms with van der Waals surface area (Å²) >= 11 is 4.13. The molecule has 6 bridgehead atoms. The fourth-order valence-corrected chi connectivity index (χ4v) is 15.3. The minimum atomic E-state index is -2.77. The van der Waals surface area contributed by atoms with Gasteiger partial charge in [-0.05, 0) is 79.6 Å². The van der Waals surface area contributed by atoms with E-state index in [1.54, 1.807) is 0 Å². The first kappa shape index (κ1) is 51.7. The van der Waals surface area contributed by atoms with Crippen LogP contribution in [0.1, 0.15) is 137 Å². The summed E-state index contributed by atoms with van der Waals surface area (Å²) in [5, 5.41) is 0. The number of hydrogen-bond acceptors (Lipinski definition) is 0. The van der Waals surface area contributed by atoms with E-state index in [1.807, 2.05) is 54.6 Å².